The highest BCUT2D eigenvalue weighted by Gasteiger charge is 2.21. The molecule has 0 aliphatic rings. The summed E-state index contributed by atoms with van der Waals surface area (Å²) in [7, 11) is 0. The molecule has 2 rings (SSSR count). The molecule has 0 radical (unpaired) electrons. The van der Waals surface area contributed by atoms with Gasteiger partial charge in [0, 0.05) is 0 Å². The van der Waals surface area contributed by atoms with Gasteiger partial charge >= 0.3 is 0 Å². The maximum absolute atomic E-state index is 9.38. The highest BCUT2D eigenvalue weighted by Crippen LogP contribution is 2.17. The maximum Gasteiger partial charge on any atom is 0.243 e. The summed E-state index contributed by atoms with van der Waals surface area (Å²) in [5, 5.41) is 13.1. The highest BCUT2D eigenvalue weighted by atomic mass is 16.5. The zero-order valence-electron chi connectivity index (χ0n) is 10.7. The fraction of sp³-hybridized carbons (Fsp3) is 0.385. The number of hydrogen-bond donors (Lipinski definition) is 3. The lowest BCUT2D eigenvalue weighted by Crippen LogP contribution is -2.24. The van der Waals surface area contributed by atoms with E-state index in [0.717, 1.165) is 5.56 Å². The van der Waals surface area contributed by atoms with Gasteiger partial charge in [-0.1, -0.05) is 35.5 Å². The first-order valence-electron chi connectivity index (χ1n) is 6.14. The number of aliphatic hydroxyl groups excluding tert-OH is 1. The SMILES string of the molecule is C[C@H](O)[C@H](N)c1noc([C@@H](N)Cc2ccccc2)n1. The average Bonchev–Trinajstić information content (AvgIpc) is 2.88. The van der Waals surface area contributed by atoms with Crippen molar-refractivity contribution in [2.75, 3.05) is 0 Å². The summed E-state index contributed by atoms with van der Waals surface area (Å²) in [4.78, 5) is 4.14. The maximum atomic E-state index is 9.38. The normalized spacial score (nSPS) is 16.0. The lowest BCUT2D eigenvalue weighted by molar-refractivity contribution is 0.159. The van der Waals surface area contributed by atoms with Crippen LogP contribution in [0.4, 0.5) is 0 Å². The van der Waals surface area contributed by atoms with Crippen molar-refractivity contribution in [3.63, 3.8) is 0 Å². The Morgan fingerprint density at radius 3 is 2.58 bits per heavy atom. The van der Waals surface area contributed by atoms with Gasteiger partial charge in [-0.3, -0.25) is 0 Å². The van der Waals surface area contributed by atoms with Crippen LogP contribution in [0.5, 0.6) is 0 Å². The predicted octanol–water partition coefficient (Wildman–Crippen LogP) is 0.693. The second-order valence-corrected chi connectivity index (χ2v) is 4.55. The molecule has 1 aromatic carbocycles. The van der Waals surface area contributed by atoms with E-state index in [1.165, 1.54) is 0 Å². The molecule has 1 heterocycles. The first-order valence-corrected chi connectivity index (χ1v) is 6.14. The fourth-order valence-electron chi connectivity index (χ4n) is 1.70. The second-order valence-electron chi connectivity index (χ2n) is 4.55. The third kappa shape index (κ3) is 3.37. The predicted molar refractivity (Wildman–Crippen MR) is 70.0 cm³/mol. The van der Waals surface area contributed by atoms with Crippen molar-refractivity contribution in [2.45, 2.75) is 31.5 Å². The second kappa shape index (κ2) is 5.92. The number of rotatable bonds is 5. The molecule has 0 spiro atoms. The van der Waals surface area contributed by atoms with Crippen molar-refractivity contribution in [2.24, 2.45) is 11.5 Å². The number of aromatic nitrogens is 2. The van der Waals surface area contributed by atoms with Crippen molar-refractivity contribution in [1.29, 1.82) is 0 Å². The molecule has 3 atom stereocenters. The summed E-state index contributed by atoms with van der Waals surface area (Å²) in [6.07, 6.45) is -0.136. The quantitative estimate of drug-likeness (QED) is 0.731. The van der Waals surface area contributed by atoms with Crippen LogP contribution in [-0.2, 0) is 6.42 Å². The lowest BCUT2D eigenvalue weighted by Gasteiger charge is -2.09. The zero-order valence-corrected chi connectivity index (χ0v) is 10.7. The van der Waals surface area contributed by atoms with E-state index in [1.54, 1.807) is 6.92 Å². The smallest absolute Gasteiger partial charge is 0.243 e. The van der Waals surface area contributed by atoms with Crippen LogP contribution in [0.25, 0.3) is 0 Å². The summed E-state index contributed by atoms with van der Waals surface area (Å²) in [5.41, 5.74) is 12.8. The molecule has 0 saturated heterocycles. The first-order chi connectivity index (χ1) is 9.08. The Morgan fingerprint density at radius 1 is 1.26 bits per heavy atom. The number of aliphatic hydroxyl groups is 1. The van der Waals surface area contributed by atoms with Gasteiger partial charge < -0.3 is 21.1 Å². The van der Waals surface area contributed by atoms with Gasteiger partial charge in [0.25, 0.3) is 0 Å². The molecule has 1 aromatic heterocycles. The molecule has 19 heavy (non-hydrogen) atoms. The average molecular weight is 262 g/mol. The van der Waals surface area contributed by atoms with Crippen LogP contribution < -0.4 is 11.5 Å². The molecule has 0 saturated carbocycles. The topological polar surface area (TPSA) is 111 Å². The lowest BCUT2D eigenvalue weighted by atomic mass is 10.1. The van der Waals surface area contributed by atoms with Crippen LogP contribution in [-0.4, -0.2) is 21.4 Å². The van der Waals surface area contributed by atoms with Crippen LogP contribution in [0.3, 0.4) is 0 Å². The van der Waals surface area contributed by atoms with E-state index in [2.05, 4.69) is 10.1 Å². The van der Waals surface area contributed by atoms with E-state index in [4.69, 9.17) is 16.0 Å². The van der Waals surface area contributed by atoms with E-state index in [9.17, 15) is 5.11 Å². The van der Waals surface area contributed by atoms with Gasteiger partial charge in [-0.05, 0) is 18.9 Å². The summed E-state index contributed by atoms with van der Waals surface area (Å²) in [6, 6.07) is 8.76. The molecular formula is C13H18N4O2. The van der Waals surface area contributed by atoms with Crippen LogP contribution in [0, 0.1) is 0 Å². The molecular weight excluding hydrogens is 244 g/mol. The molecule has 5 N–H and O–H groups in total. The summed E-state index contributed by atoms with van der Waals surface area (Å²) < 4.78 is 5.09. The van der Waals surface area contributed by atoms with Gasteiger partial charge in [0.2, 0.25) is 5.89 Å². The van der Waals surface area contributed by atoms with Crippen LogP contribution in [0.15, 0.2) is 34.9 Å². The van der Waals surface area contributed by atoms with Gasteiger partial charge in [0.05, 0.1) is 18.2 Å². The summed E-state index contributed by atoms with van der Waals surface area (Å²) in [6.45, 7) is 1.57. The van der Waals surface area contributed by atoms with E-state index in [0.29, 0.717) is 12.3 Å². The van der Waals surface area contributed by atoms with Gasteiger partial charge in [-0.15, -0.1) is 0 Å². The third-order valence-electron chi connectivity index (χ3n) is 2.89. The van der Waals surface area contributed by atoms with Crippen molar-refractivity contribution in [3.8, 4) is 0 Å². The largest absolute Gasteiger partial charge is 0.391 e. The van der Waals surface area contributed by atoms with Crippen molar-refractivity contribution in [1.82, 2.24) is 10.1 Å². The Balaban J connectivity index is 2.06. The molecule has 6 nitrogen and oxygen atoms in total. The van der Waals surface area contributed by atoms with Gasteiger partial charge in [0.15, 0.2) is 5.82 Å². The minimum Gasteiger partial charge on any atom is -0.391 e. The monoisotopic (exact) mass is 262 g/mol. The fourth-order valence-corrected chi connectivity index (χ4v) is 1.70. The third-order valence-corrected chi connectivity index (χ3v) is 2.89. The molecule has 0 fully saturated rings. The van der Waals surface area contributed by atoms with Gasteiger partial charge in [0.1, 0.15) is 0 Å². The van der Waals surface area contributed by atoms with E-state index in [1.807, 2.05) is 30.3 Å². The first kappa shape index (κ1) is 13.7. The van der Waals surface area contributed by atoms with Crippen LogP contribution in [0.1, 0.15) is 36.3 Å². The molecule has 102 valence electrons. The summed E-state index contributed by atoms with van der Waals surface area (Å²) in [5.74, 6) is 0.600. The van der Waals surface area contributed by atoms with Crippen LogP contribution in [0.2, 0.25) is 0 Å². The number of nitrogens with zero attached hydrogens (tertiary/aromatic N) is 2. The Morgan fingerprint density at radius 2 is 1.95 bits per heavy atom. The van der Waals surface area contributed by atoms with E-state index < -0.39 is 12.1 Å². The van der Waals surface area contributed by atoms with Crippen LogP contribution >= 0.6 is 0 Å². The Labute approximate surface area is 111 Å². The number of nitrogens with two attached hydrogens (primary N) is 2. The molecule has 6 heteroatoms. The van der Waals surface area contributed by atoms with Gasteiger partial charge in [-0.2, -0.15) is 4.98 Å². The Hall–Kier alpha value is -1.76. The Kier molecular flexibility index (Phi) is 4.26. The summed E-state index contributed by atoms with van der Waals surface area (Å²) >= 11 is 0. The zero-order chi connectivity index (χ0) is 13.8. The molecule has 0 aliphatic heterocycles. The van der Waals surface area contributed by atoms with Crippen molar-refractivity contribution < 1.29 is 9.63 Å². The minimum absolute atomic E-state index is 0.272. The number of benzene rings is 1. The molecule has 2 aromatic rings. The van der Waals surface area contributed by atoms with E-state index >= 15 is 0 Å². The van der Waals surface area contributed by atoms with Crippen molar-refractivity contribution >= 4 is 0 Å². The molecule has 0 aliphatic carbocycles. The highest BCUT2D eigenvalue weighted by molar-refractivity contribution is 5.16. The molecule has 0 amide bonds. The van der Waals surface area contributed by atoms with Crippen molar-refractivity contribution in [3.05, 3.63) is 47.6 Å². The minimum atomic E-state index is -0.740. The molecule has 0 bridgehead atoms. The van der Waals surface area contributed by atoms with Gasteiger partial charge in [-0.25, -0.2) is 0 Å². The standard InChI is InChI=1S/C13H18N4O2/c1-8(18)11(15)12-16-13(19-17-12)10(14)7-9-5-3-2-4-6-9/h2-6,8,10-11,18H,7,14-15H2,1H3/t8-,10-,11-/m0/s1. The Bertz CT molecular complexity index is 512. The number of hydrogen-bond acceptors (Lipinski definition) is 6. The van der Waals surface area contributed by atoms with E-state index in [-0.39, 0.29) is 11.9 Å². The molecule has 0 unspecified atom stereocenters.